The Morgan fingerprint density at radius 2 is 1.76 bits per heavy atom. The van der Waals surface area contributed by atoms with Crippen LogP contribution < -0.4 is 16.0 Å². The highest BCUT2D eigenvalue weighted by molar-refractivity contribution is 7.98. The fourth-order valence-electron chi connectivity index (χ4n) is 2.07. The maximum atomic E-state index is 11.8. The summed E-state index contributed by atoms with van der Waals surface area (Å²) >= 11 is 14.1. The summed E-state index contributed by atoms with van der Waals surface area (Å²) in [6, 6.07) is 10.4. The second-order valence-electron chi connectivity index (χ2n) is 4.87. The molecule has 0 bridgehead atoms. The number of ether oxygens (including phenoxy) is 1. The van der Waals surface area contributed by atoms with Gasteiger partial charge in [0, 0.05) is 4.90 Å². The summed E-state index contributed by atoms with van der Waals surface area (Å²) in [5.41, 5.74) is -0.977. The Hall–Kier alpha value is -2.22. The highest BCUT2D eigenvalue weighted by Gasteiger charge is 2.13. The van der Waals surface area contributed by atoms with Crippen LogP contribution in [-0.4, -0.2) is 21.0 Å². The number of nitrogens with zero attached hydrogens (tertiary/aromatic N) is 2. The highest BCUT2D eigenvalue weighted by atomic mass is 35.5. The molecule has 0 spiro atoms. The van der Waals surface area contributed by atoms with Crippen molar-refractivity contribution in [3.63, 3.8) is 0 Å². The zero-order valence-electron chi connectivity index (χ0n) is 12.8. The van der Waals surface area contributed by atoms with Crippen molar-refractivity contribution < 1.29 is 4.74 Å². The van der Waals surface area contributed by atoms with Crippen LogP contribution in [0, 0.1) is 0 Å². The van der Waals surface area contributed by atoms with Crippen LogP contribution in [0.3, 0.4) is 0 Å². The van der Waals surface area contributed by atoms with Gasteiger partial charge in [-0.3, -0.25) is 9.78 Å². The monoisotopic (exact) mass is 395 g/mol. The van der Waals surface area contributed by atoms with E-state index in [-0.39, 0.29) is 15.8 Å². The van der Waals surface area contributed by atoms with Crippen molar-refractivity contribution >= 4 is 35.0 Å². The third kappa shape index (κ3) is 3.89. The number of hydrogen-bond donors (Lipinski definition) is 1. The number of rotatable bonds is 4. The molecule has 3 aromatic rings. The number of H-pyrrole nitrogens is 1. The first-order chi connectivity index (χ1) is 12.0. The molecule has 3 rings (SSSR count). The molecule has 0 fully saturated rings. The maximum Gasteiger partial charge on any atom is 0.349 e. The minimum atomic E-state index is -0.694. The maximum absolute atomic E-state index is 11.8. The Morgan fingerprint density at radius 1 is 1.12 bits per heavy atom. The predicted octanol–water partition coefficient (Wildman–Crippen LogP) is 3.74. The van der Waals surface area contributed by atoms with E-state index in [2.05, 4.69) is 10.1 Å². The molecule has 0 radical (unpaired) electrons. The zero-order valence-corrected chi connectivity index (χ0v) is 15.2. The molecule has 0 aliphatic rings. The predicted molar refractivity (Wildman–Crippen MR) is 98.8 cm³/mol. The molecule has 1 aromatic heterocycles. The van der Waals surface area contributed by atoms with E-state index >= 15 is 0 Å². The molecule has 0 saturated heterocycles. The molecule has 0 unspecified atom stereocenters. The van der Waals surface area contributed by atoms with Crippen molar-refractivity contribution in [3.05, 3.63) is 73.5 Å². The van der Waals surface area contributed by atoms with Gasteiger partial charge in [0.1, 0.15) is 11.9 Å². The van der Waals surface area contributed by atoms with Gasteiger partial charge < -0.3 is 4.74 Å². The van der Waals surface area contributed by atoms with Crippen LogP contribution >= 0.6 is 35.0 Å². The Kier molecular flexibility index (Phi) is 5.17. The summed E-state index contributed by atoms with van der Waals surface area (Å²) in [5.74, 6) is 0.843. The van der Waals surface area contributed by atoms with E-state index in [1.807, 2.05) is 18.4 Å². The smallest absolute Gasteiger partial charge is 0.349 e. The lowest BCUT2D eigenvalue weighted by atomic mass is 10.3. The molecule has 9 heteroatoms. The number of thioether (sulfide) groups is 1. The molecule has 1 heterocycles. The lowest BCUT2D eigenvalue weighted by Gasteiger charge is -2.12. The molecular formula is C16H11Cl2N3O3S. The first-order valence-corrected chi connectivity index (χ1v) is 8.96. The van der Waals surface area contributed by atoms with Gasteiger partial charge in [-0.1, -0.05) is 23.2 Å². The summed E-state index contributed by atoms with van der Waals surface area (Å²) < 4.78 is 6.72. The van der Waals surface area contributed by atoms with Crippen LogP contribution in [0.1, 0.15) is 0 Å². The van der Waals surface area contributed by atoms with E-state index < -0.39 is 11.2 Å². The third-order valence-corrected chi connectivity index (χ3v) is 4.52. The lowest BCUT2D eigenvalue weighted by Crippen LogP contribution is -2.30. The first kappa shape index (κ1) is 17.6. The Balaban J connectivity index is 1.97. The SMILES string of the molecule is CSc1ccc(Oc2c(Cl)cc(-n3ncc(=O)[nH]c3=O)cc2Cl)cc1. The molecule has 25 heavy (non-hydrogen) atoms. The molecule has 2 aromatic carbocycles. The number of halogens is 2. The Morgan fingerprint density at radius 3 is 2.32 bits per heavy atom. The van der Waals surface area contributed by atoms with E-state index in [0.717, 1.165) is 15.8 Å². The summed E-state index contributed by atoms with van der Waals surface area (Å²) in [5, 5.41) is 4.17. The van der Waals surface area contributed by atoms with Crippen LogP contribution in [-0.2, 0) is 0 Å². The number of aromatic amines is 1. The fraction of sp³-hybridized carbons (Fsp3) is 0.0625. The van der Waals surface area contributed by atoms with E-state index in [1.54, 1.807) is 23.9 Å². The van der Waals surface area contributed by atoms with E-state index in [9.17, 15) is 9.59 Å². The van der Waals surface area contributed by atoms with Crippen LogP contribution in [0.4, 0.5) is 0 Å². The average molecular weight is 396 g/mol. The van der Waals surface area contributed by atoms with Gasteiger partial charge in [-0.05, 0) is 42.7 Å². The molecule has 0 saturated carbocycles. The second-order valence-corrected chi connectivity index (χ2v) is 6.56. The molecule has 0 atom stereocenters. The van der Waals surface area contributed by atoms with Crippen LogP contribution in [0.2, 0.25) is 10.0 Å². The van der Waals surface area contributed by atoms with Crippen LogP contribution in [0.5, 0.6) is 11.5 Å². The van der Waals surface area contributed by atoms with Gasteiger partial charge in [0.2, 0.25) is 0 Å². The van der Waals surface area contributed by atoms with Crippen molar-refractivity contribution in [2.24, 2.45) is 0 Å². The second kappa shape index (κ2) is 7.35. The summed E-state index contributed by atoms with van der Waals surface area (Å²) in [4.78, 5) is 26.1. The number of nitrogens with one attached hydrogen (secondary N) is 1. The van der Waals surface area contributed by atoms with Gasteiger partial charge in [-0.2, -0.15) is 9.78 Å². The van der Waals surface area contributed by atoms with Crippen molar-refractivity contribution in [3.8, 4) is 17.2 Å². The normalized spacial score (nSPS) is 10.7. The minimum Gasteiger partial charge on any atom is -0.454 e. The van der Waals surface area contributed by atoms with E-state index in [4.69, 9.17) is 27.9 Å². The van der Waals surface area contributed by atoms with Crippen molar-refractivity contribution in [2.45, 2.75) is 4.90 Å². The Labute approximate surface area is 156 Å². The lowest BCUT2D eigenvalue weighted by molar-refractivity contribution is 0.482. The minimum absolute atomic E-state index is 0.205. The van der Waals surface area contributed by atoms with Gasteiger partial charge in [0.15, 0.2) is 5.75 Å². The molecule has 128 valence electrons. The standard InChI is InChI=1S/C16H11Cl2N3O3S/c1-25-11-4-2-10(3-5-11)24-15-12(17)6-9(7-13(15)18)21-16(23)20-14(22)8-19-21/h2-8H,1H3,(H,20,22,23). The molecule has 0 aliphatic heterocycles. The van der Waals surface area contributed by atoms with Gasteiger partial charge in [-0.25, -0.2) is 4.79 Å². The van der Waals surface area contributed by atoms with E-state index in [0.29, 0.717) is 11.4 Å². The van der Waals surface area contributed by atoms with Gasteiger partial charge in [0.25, 0.3) is 5.56 Å². The van der Waals surface area contributed by atoms with Crippen LogP contribution in [0.25, 0.3) is 5.69 Å². The number of aromatic nitrogens is 3. The van der Waals surface area contributed by atoms with E-state index in [1.165, 1.54) is 12.1 Å². The third-order valence-electron chi connectivity index (χ3n) is 3.22. The van der Waals surface area contributed by atoms with Crippen molar-refractivity contribution in [2.75, 3.05) is 6.26 Å². The molecule has 1 N–H and O–H groups in total. The zero-order chi connectivity index (χ0) is 18.0. The van der Waals surface area contributed by atoms with Gasteiger partial charge in [-0.15, -0.1) is 11.8 Å². The van der Waals surface area contributed by atoms with Gasteiger partial charge >= 0.3 is 5.69 Å². The molecule has 0 amide bonds. The summed E-state index contributed by atoms with van der Waals surface area (Å²) in [6.45, 7) is 0. The highest BCUT2D eigenvalue weighted by Crippen LogP contribution is 2.38. The number of hydrogen-bond acceptors (Lipinski definition) is 5. The van der Waals surface area contributed by atoms with Crippen LogP contribution in [0.15, 0.2) is 57.1 Å². The molecule has 6 nitrogen and oxygen atoms in total. The van der Waals surface area contributed by atoms with Gasteiger partial charge in [0.05, 0.1) is 15.7 Å². The fourth-order valence-corrected chi connectivity index (χ4v) is 3.03. The quantitative estimate of drug-likeness (QED) is 0.680. The summed E-state index contributed by atoms with van der Waals surface area (Å²) in [7, 11) is 0. The first-order valence-electron chi connectivity index (χ1n) is 6.98. The topological polar surface area (TPSA) is 77.0 Å². The molecular weight excluding hydrogens is 385 g/mol. The van der Waals surface area contributed by atoms with Crippen molar-refractivity contribution in [1.29, 1.82) is 0 Å². The van der Waals surface area contributed by atoms with Crippen molar-refractivity contribution in [1.82, 2.24) is 14.8 Å². The average Bonchev–Trinajstić information content (AvgIpc) is 2.58. The molecule has 0 aliphatic carbocycles. The number of benzene rings is 2. The Bertz CT molecular complexity index is 1010. The largest absolute Gasteiger partial charge is 0.454 e. The summed E-state index contributed by atoms with van der Waals surface area (Å²) in [6.07, 6.45) is 2.97.